The first kappa shape index (κ1) is 18.0. The van der Waals surface area contributed by atoms with E-state index in [1.807, 2.05) is 44.2 Å². The van der Waals surface area contributed by atoms with Crippen molar-refractivity contribution in [1.29, 1.82) is 0 Å². The summed E-state index contributed by atoms with van der Waals surface area (Å²) in [4.78, 5) is 12.3. The quantitative estimate of drug-likeness (QED) is 0.722. The highest BCUT2D eigenvalue weighted by atomic mass is 32.2. The largest absolute Gasteiger partial charge is 0.494 e. The number of sulfonamides is 1. The van der Waals surface area contributed by atoms with Crippen LogP contribution in [-0.2, 0) is 21.4 Å². The fourth-order valence-electron chi connectivity index (χ4n) is 2.82. The molecule has 136 valence electrons. The Morgan fingerprint density at radius 3 is 2.50 bits per heavy atom. The molecule has 0 saturated carbocycles. The number of rotatable bonds is 6. The van der Waals surface area contributed by atoms with E-state index in [1.165, 1.54) is 12.1 Å². The van der Waals surface area contributed by atoms with E-state index < -0.39 is 15.9 Å². The molecule has 0 bridgehead atoms. The van der Waals surface area contributed by atoms with Crippen molar-refractivity contribution < 1.29 is 17.9 Å². The van der Waals surface area contributed by atoms with Gasteiger partial charge < -0.3 is 9.30 Å². The first-order valence-electron chi connectivity index (χ1n) is 8.24. The molecule has 0 unspecified atom stereocenters. The van der Waals surface area contributed by atoms with Crippen LogP contribution in [0.1, 0.15) is 12.6 Å². The second-order valence-corrected chi connectivity index (χ2v) is 7.55. The molecule has 7 heteroatoms. The number of amides is 1. The number of carbonyl (C=O) groups is 1. The van der Waals surface area contributed by atoms with Gasteiger partial charge in [0, 0.05) is 11.2 Å². The van der Waals surface area contributed by atoms with Crippen LogP contribution in [0.4, 0.5) is 0 Å². The Balaban J connectivity index is 1.77. The van der Waals surface area contributed by atoms with Crippen LogP contribution >= 0.6 is 0 Å². The Morgan fingerprint density at radius 2 is 1.81 bits per heavy atom. The van der Waals surface area contributed by atoms with Crippen LogP contribution in [0, 0.1) is 6.92 Å². The fourth-order valence-corrected chi connectivity index (χ4v) is 3.80. The SMILES string of the molecule is CCOc1ccc(S(=O)(=O)NC(=O)Cn2c(C)cc3ccccc32)cc1. The molecular formula is C19H20N2O4S. The molecule has 0 atom stereocenters. The zero-order valence-electron chi connectivity index (χ0n) is 14.6. The molecule has 3 aromatic rings. The number of nitrogens with zero attached hydrogens (tertiary/aromatic N) is 1. The van der Waals surface area contributed by atoms with E-state index in [0.717, 1.165) is 16.6 Å². The van der Waals surface area contributed by atoms with Crippen LogP contribution in [0.5, 0.6) is 5.75 Å². The van der Waals surface area contributed by atoms with Gasteiger partial charge in [0.25, 0.3) is 15.9 Å². The van der Waals surface area contributed by atoms with Crippen LogP contribution in [0.2, 0.25) is 0 Å². The Kier molecular flexibility index (Phi) is 4.99. The maximum Gasteiger partial charge on any atom is 0.264 e. The van der Waals surface area contributed by atoms with E-state index in [-0.39, 0.29) is 11.4 Å². The first-order chi connectivity index (χ1) is 12.4. The molecule has 6 nitrogen and oxygen atoms in total. The molecule has 26 heavy (non-hydrogen) atoms. The molecule has 0 saturated heterocycles. The fraction of sp³-hybridized carbons (Fsp3) is 0.211. The topological polar surface area (TPSA) is 77.4 Å². The normalized spacial score (nSPS) is 11.5. The number of para-hydroxylation sites is 1. The van der Waals surface area contributed by atoms with E-state index in [1.54, 1.807) is 16.7 Å². The third-order valence-electron chi connectivity index (χ3n) is 4.01. The highest BCUT2D eigenvalue weighted by molar-refractivity contribution is 7.90. The number of fused-ring (bicyclic) bond motifs is 1. The predicted octanol–water partition coefficient (Wildman–Crippen LogP) is 2.85. The lowest BCUT2D eigenvalue weighted by Crippen LogP contribution is -2.33. The summed E-state index contributed by atoms with van der Waals surface area (Å²) in [6.45, 7) is 4.15. The number of ether oxygens (including phenoxy) is 1. The van der Waals surface area contributed by atoms with Crippen molar-refractivity contribution in [3.8, 4) is 5.75 Å². The van der Waals surface area contributed by atoms with Gasteiger partial charge in [0.15, 0.2) is 0 Å². The second kappa shape index (κ2) is 7.21. The Bertz CT molecular complexity index is 1040. The van der Waals surface area contributed by atoms with Gasteiger partial charge in [-0.2, -0.15) is 0 Å². The van der Waals surface area contributed by atoms with E-state index in [4.69, 9.17) is 4.74 Å². The molecular weight excluding hydrogens is 352 g/mol. The van der Waals surface area contributed by atoms with Crippen molar-refractivity contribution in [3.63, 3.8) is 0 Å². The third kappa shape index (κ3) is 3.72. The maximum atomic E-state index is 12.4. The summed E-state index contributed by atoms with van der Waals surface area (Å²) >= 11 is 0. The lowest BCUT2D eigenvalue weighted by molar-refractivity contribution is -0.119. The smallest absolute Gasteiger partial charge is 0.264 e. The standard InChI is InChI=1S/C19H20N2O4S/c1-3-25-16-8-10-17(11-9-16)26(23,24)20-19(22)13-21-14(2)12-15-6-4-5-7-18(15)21/h4-12H,3,13H2,1-2H3,(H,20,22). The molecule has 2 aromatic carbocycles. The van der Waals surface area contributed by atoms with Crippen LogP contribution < -0.4 is 9.46 Å². The number of carbonyl (C=O) groups excluding carboxylic acids is 1. The van der Waals surface area contributed by atoms with E-state index in [2.05, 4.69) is 4.72 Å². The zero-order valence-corrected chi connectivity index (χ0v) is 15.4. The molecule has 1 N–H and O–H groups in total. The molecule has 0 aliphatic carbocycles. The molecule has 0 radical (unpaired) electrons. The summed E-state index contributed by atoms with van der Waals surface area (Å²) in [5.74, 6) is -0.0180. The van der Waals surface area contributed by atoms with E-state index in [9.17, 15) is 13.2 Å². The average molecular weight is 372 g/mol. The number of benzene rings is 2. The molecule has 0 aliphatic rings. The summed E-state index contributed by atoms with van der Waals surface area (Å²) in [5, 5.41) is 1.01. The summed E-state index contributed by atoms with van der Waals surface area (Å²) in [6, 6.07) is 15.6. The minimum absolute atomic E-state index is 0.0170. The number of aryl methyl sites for hydroxylation is 1. The number of hydrogen-bond acceptors (Lipinski definition) is 4. The third-order valence-corrected chi connectivity index (χ3v) is 5.40. The molecule has 1 aromatic heterocycles. The molecule has 1 amide bonds. The van der Waals surface area contributed by atoms with Gasteiger partial charge in [-0.25, -0.2) is 13.1 Å². The highest BCUT2D eigenvalue weighted by Crippen LogP contribution is 2.19. The zero-order chi connectivity index (χ0) is 18.7. The summed E-state index contributed by atoms with van der Waals surface area (Å²) in [6.07, 6.45) is 0. The van der Waals surface area contributed by atoms with Crippen molar-refractivity contribution in [2.24, 2.45) is 0 Å². The van der Waals surface area contributed by atoms with Gasteiger partial charge in [0.05, 0.1) is 11.5 Å². The van der Waals surface area contributed by atoms with Crippen molar-refractivity contribution in [1.82, 2.24) is 9.29 Å². The monoisotopic (exact) mass is 372 g/mol. The van der Waals surface area contributed by atoms with Gasteiger partial charge in [0.1, 0.15) is 12.3 Å². The molecule has 1 heterocycles. The van der Waals surface area contributed by atoms with Gasteiger partial charge in [-0.3, -0.25) is 4.79 Å². The van der Waals surface area contributed by atoms with Crippen LogP contribution in [0.25, 0.3) is 10.9 Å². The summed E-state index contributed by atoms with van der Waals surface area (Å²) in [7, 11) is -3.93. The Hall–Kier alpha value is -2.80. The van der Waals surface area contributed by atoms with Crippen molar-refractivity contribution >= 4 is 26.8 Å². The first-order valence-corrected chi connectivity index (χ1v) is 9.72. The van der Waals surface area contributed by atoms with Crippen molar-refractivity contribution in [2.45, 2.75) is 25.3 Å². The minimum Gasteiger partial charge on any atom is -0.494 e. The molecule has 0 fully saturated rings. The van der Waals surface area contributed by atoms with E-state index >= 15 is 0 Å². The Morgan fingerprint density at radius 1 is 1.12 bits per heavy atom. The van der Waals surface area contributed by atoms with Gasteiger partial charge >= 0.3 is 0 Å². The van der Waals surface area contributed by atoms with Gasteiger partial charge in [-0.1, -0.05) is 18.2 Å². The number of hydrogen-bond donors (Lipinski definition) is 1. The van der Waals surface area contributed by atoms with Gasteiger partial charge in [-0.05, 0) is 55.6 Å². The van der Waals surface area contributed by atoms with Crippen molar-refractivity contribution in [2.75, 3.05) is 6.61 Å². The lowest BCUT2D eigenvalue weighted by Gasteiger charge is -2.10. The summed E-state index contributed by atoms with van der Waals surface area (Å²) in [5.41, 5.74) is 1.78. The number of nitrogens with one attached hydrogen (secondary N) is 1. The minimum atomic E-state index is -3.93. The Labute approximate surface area is 152 Å². The molecule has 0 aliphatic heterocycles. The van der Waals surface area contributed by atoms with Crippen LogP contribution in [-0.4, -0.2) is 25.5 Å². The molecule has 0 spiro atoms. The van der Waals surface area contributed by atoms with Gasteiger partial charge in [-0.15, -0.1) is 0 Å². The van der Waals surface area contributed by atoms with Crippen LogP contribution in [0.3, 0.4) is 0 Å². The second-order valence-electron chi connectivity index (χ2n) is 5.86. The van der Waals surface area contributed by atoms with Crippen molar-refractivity contribution in [3.05, 3.63) is 60.3 Å². The van der Waals surface area contributed by atoms with Gasteiger partial charge in [0.2, 0.25) is 0 Å². The number of aromatic nitrogens is 1. The van der Waals surface area contributed by atoms with Crippen LogP contribution in [0.15, 0.2) is 59.5 Å². The predicted molar refractivity (Wildman–Crippen MR) is 99.6 cm³/mol. The molecule has 3 rings (SSSR count). The lowest BCUT2D eigenvalue weighted by atomic mass is 10.2. The highest BCUT2D eigenvalue weighted by Gasteiger charge is 2.19. The average Bonchev–Trinajstić information content (AvgIpc) is 2.91. The summed E-state index contributed by atoms with van der Waals surface area (Å²) < 4.78 is 34.0. The maximum absolute atomic E-state index is 12.4. The van der Waals surface area contributed by atoms with E-state index in [0.29, 0.717) is 12.4 Å².